The van der Waals surface area contributed by atoms with Gasteiger partial charge < -0.3 is 10.1 Å². The van der Waals surface area contributed by atoms with Gasteiger partial charge in [-0.25, -0.2) is 0 Å². The van der Waals surface area contributed by atoms with Crippen LogP contribution in [-0.4, -0.2) is 22.1 Å². The first-order valence-corrected chi connectivity index (χ1v) is 8.23. The van der Waals surface area contributed by atoms with Gasteiger partial charge in [0.1, 0.15) is 10.8 Å². The van der Waals surface area contributed by atoms with Gasteiger partial charge in [-0.3, -0.25) is 9.59 Å². The van der Waals surface area contributed by atoms with Crippen LogP contribution in [0, 0.1) is 0 Å². The van der Waals surface area contributed by atoms with Gasteiger partial charge in [-0.15, -0.1) is 10.2 Å². The first kappa shape index (κ1) is 17.4. The van der Waals surface area contributed by atoms with Crippen molar-refractivity contribution in [1.82, 2.24) is 10.2 Å². The number of anilines is 1. The largest absolute Gasteiger partial charge is 0.427 e. The standard InChI is InChI=1S/C15H16ClN3O3S/c1-9(2)14-18-19-15(23-14)17-12(20)7-8-13(21)22-11-5-3-10(16)4-6-11/h3-6,9H,7-8H2,1-2H3,(H,17,19,20). The van der Waals surface area contributed by atoms with Crippen molar-refractivity contribution >= 4 is 39.9 Å². The number of benzene rings is 1. The molecule has 1 heterocycles. The molecule has 8 heteroatoms. The number of carbonyl (C=O) groups excluding carboxylic acids is 2. The van der Waals surface area contributed by atoms with E-state index in [4.69, 9.17) is 16.3 Å². The predicted molar refractivity (Wildman–Crippen MR) is 88.9 cm³/mol. The van der Waals surface area contributed by atoms with Gasteiger partial charge in [0.2, 0.25) is 11.0 Å². The topological polar surface area (TPSA) is 81.2 Å². The molecule has 122 valence electrons. The Hall–Kier alpha value is -1.99. The zero-order valence-corrected chi connectivity index (χ0v) is 14.3. The van der Waals surface area contributed by atoms with Crippen molar-refractivity contribution in [3.05, 3.63) is 34.3 Å². The highest BCUT2D eigenvalue weighted by Crippen LogP contribution is 2.22. The Morgan fingerprint density at radius 3 is 2.52 bits per heavy atom. The lowest BCUT2D eigenvalue weighted by atomic mass is 10.2. The SMILES string of the molecule is CC(C)c1nnc(NC(=O)CCC(=O)Oc2ccc(Cl)cc2)s1. The molecule has 0 saturated carbocycles. The Morgan fingerprint density at radius 2 is 1.91 bits per heavy atom. The number of nitrogens with one attached hydrogen (secondary N) is 1. The number of carbonyl (C=O) groups is 2. The first-order valence-electron chi connectivity index (χ1n) is 7.03. The molecule has 0 spiro atoms. The lowest BCUT2D eigenvalue weighted by Gasteiger charge is -2.04. The number of hydrogen-bond donors (Lipinski definition) is 1. The van der Waals surface area contributed by atoms with Crippen LogP contribution < -0.4 is 10.1 Å². The Morgan fingerprint density at radius 1 is 1.22 bits per heavy atom. The van der Waals surface area contributed by atoms with Gasteiger partial charge in [-0.1, -0.05) is 36.8 Å². The van der Waals surface area contributed by atoms with Gasteiger partial charge >= 0.3 is 5.97 Å². The molecule has 0 atom stereocenters. The Balaban J connectivity index is 1.77. The summed E-state index contributed by atoms with van der Waals surface area (Å²) >= 11 is 7.07. The van der Waals surface area contributed by atoms with E-state index in [1.165, 1.54) is 11.3 Å². The first-order chi connectivity index (χ1) is 10.9. The fourth-order valence-electron chi connectivity index (χ4n) is 1.60. The quantitative estimate of drug-likeness (QED) is 0.633. The summed E-state index contributed by atoms with van der Waals surface area (Å²) in [4.78, 5) is 23.5. The van der Waals surface area contributed by atoms with Crippen molar-refractivity contribution in [1.29, 1.82) is 0 Å². The fraction of sp³-hybridized carbons (Fsp3) is 0.333. The monoisotopic (exact) mass is 353 g/mol. The maximum atomic E-state index is 11.8. The third kappa shape index (κ3) is 5.61. The summed E-state index contributed by atoms with van der Waals surface area (Å²) in [6.45, 7) is 4.00. The van der Waals surface area contributed by atoms with Crippen molar-refractivity contribution in [2.45, 2.75) is 32.6 Å². The molecule has 23 heavy (non-hydrogen) atoms. The Bertz CT molecular complexity index is 686. The predicted octanol–water partition coefficient (Wildman–Crippen LogP) is 3.64. The lowest BCUT2D eigenvalue weighted by Crippen LogP contribution is -2.15. The fourth-order valence-corrected chi connectivity index (χ4v) is 2.49. The zero-order valence-electron chi connectivity index (χ0n) is 12.7. The Labute approximate surface area is 142 Å². The number of rotatable bonds is 6. The summed E-state index contributed by atoms with van der Waals surface area (Å²) in [6.07, 6.45) is -0.00663. The summed E-state index contributed by atoms with van der Waals surface area (Å²) in [5, 5.41) is 12.3. The van der Waals surface area contributed by atoms with Crippen LogP contribution in [0.2, 0.25) is 5.02 Å². The highest BCUT2D eigenvalue weighted by molar-refractivity contribution is 7.15. The average molecular weight is 354 g/mol. The van der Waals surface area contributed by atoms with E-state index < -0.39 is 5.97 Å². The second kappa shape index (κ2) is 8.03. The van der Waals surface area contributed by atoms with E-state index in [0.29, 0.717) is 15.9 Å². The van der Waals surface area contributed by atoms with Crippen LogP contribution in [0.4, 0.5) is 5.13 Å². The number of nitrogens with zero attached hydrogens (tertiary/aromatic N) is 2. The molecule has 0 bridgehead atoms. The molecule has 1 aromatic heterocycles. The number of esters is 1. The van der Waals surface area contributed by atoms with Gasteiger partial charge in [0, 0.05) is 17.4 Å². The molecule has 1 aromatic carbocycles. The van der Waals surface area contributed by atoms with Gasteiger partial charge in [0.05, 0.1) is 6.42 Å². The molecule has 0 fully saturated rings. The normalized spacial score (nSPS) is 10.6. The highest BCUT2D eigenvalue weighted by Gasteiger charge is 2.13. The second-order valence-corrected chi connectivity index (χ2v) is 6.52. The molecular formula is C15H16ClN3O3S. The second-order valence-electron chi connectivity index (χ2n) is 5.08. The van der Waals surface area contributed by atoms with E-state index in [-0.39, 0.29) is 24.7 Å². The van der Waals surface area contributed by atoms with Crippen molar-refractivity contribution < 1.29 is 14.3 Å². The highest BCUT2D eigenvalue weighted by atomic mass is 35.5. The van der Waals surface area contributed by atoms with Crippen LogP contribution in [0.1, 0.15) is 37.6 Å². The maximum Gasteiger partial charge on any atom is 0.311 e. The number of hydrogen-bond acceptors (Lipinski definition) is 6. The minimum Gasteiger partial charge on any atom is -0.427 e. The van der Waals surface area contributed by atoms with E-state index in [1.807, 2.05) is 13.8 Å². The molecule has 2 aromatic rings. The maximum absolute atomic E-state index is 11.8. The molecule has 0 saturated heterocycles. The minimum atomic E-state index is -0.484. The van der Waals surface area contributed by atoms with Crippen molar-refractivity contribution in [2.75, 3.05) is 5.32 Å². The smallest absolute Gasteiger partial charge is 0.311 e. The molecule has 2 rings (SSSR count). The van der Waals surface area contributed by atoms with Crippen LogP contribution in [0.25, 0.3) is 0 Å². The third-order valence-electron chi connectivity index (χ3n) is 2.78. The summed E-state index contributed by atoms with van der Waals surface area (Å²) < 4.78 is 5.10. The summed E-state index contributed by atoms with van der Waals surface area (Å²) in [7, 11) is 0. The number of ether oxygens (including phenoxy) is 1. The van der Waals surface area contributed by atoms with Crippen molar-refractivity contribution in [3.63, 3.8) is 0 Å². The molecule has 0 aliphatic carbocycles. The molecule has 0 radical (unpaired) electrons. The summed E-state index contributed by atoms with van der Waals surface area (Å²) in [5.74, 6) is -0.134. The van der Waals surface area contributed by atoms with E-state index in [2.05, 4.69) is 15.5 Å². The number of amides is 1. The molecule has 1 N–H and O–H groups in total. The van der Waals surface area contributed by atoms with Crippen LogP contribution in [-0.2, 0) is 9.59 Å². The summed E-state index contributed by atoms with van der Waals surface area (Å²) in [5.41, 5.74) is 0. The van der Waals surface area contributed by atoms with E-state index in [1.54, 1.807) is 24.3 Å². The van der Waals surface area contributed by atoms with Gasteiger partial charge in [0.25, 0.3) is 0 Å². The van der Waals surface area contributed by atoms with Crippen LogP contribution >= 0.6 is 22.9 Å². The van der Waals surface area contributed by atoms with Gasteiger partial charge in [-0.2, -0.15) is 0 Å². The van der Waals surface area contributed by atoms with Crippen LogP contribution in [0.5, 0.6) is 5.75 Å². The lowest BCUT2D eigenvalue weighted by molar-refractivity contribution is -0.135. The molecule has 0 aliphatic rings. The molecular weight excluding hydrogens is 338 g/mol. The molecule has 0 unspecified atom stereocenters. The van der Waals surface area contributed by atoms with Crippen molar-refractivity contribution in [3.8, 4) is 5.75 Å². The zero-order chi connectivity index (χ0) is 16.8. The summed E-state index contributed by atoms with van der Waals surface area (Å²) in [6, 6.07) is 6.43. The van der Waals surface area contributed by atoms with Crippen molar-refractivity contribution in [2.24, 2.45) is 0 Å². The van der Waals surface area contributed by atoms with E-state index >= 15 is 0 Å². The number of halogens is 1. The minimum absolute atomic E-state index is 0.0169. The third-order valence-corrected chi connectivity index (χ3v) is 4.17. The van der Waals surface area contributed by atoms with Crippen LogP contribution in [0.15, 0.2) is 24.3 Å². The number of aromatic nitrogens is 2. The van der Waals surface area contributed by atoms with Crippen LogP contribution in [0.3, 0.4) is 0 Å². The van der Waals surface area contributed by atoms with E-state index in [0.717, 1.165) is 5.01 Å². The molecule has 1 amide bonds. The Kier molecular flexibility index (Phi) is 6.06. The van der Waals surface area contributed by atoms with Gasteiger partial charge in [0.15, 0.2) is 0 Å². The molecule has 0 aliphatic heterocycles. The molecule has 6 nitrogen and oxygen atoms in total. The van der Waals surface area contributed by atoms with E-state index in [9.17, 15) is 9.59 Å². The van der Waals surface area contributed by atoms with Gasteiger partial charge in [-0.05, 0) is 24.3 Å². The average Bonchev–Trinajstić information content (AvgIpc) is 2.96.